The van der Waals surface area contributed by atoms with Crippen molar-refractivity contribution in [3.63, 3.8) is 0 Å². The molecule has 0 bridgehead atoms. The molecule has 0 aliphatic rings. The fourth-order valence-corrected chi connectivity index (χ4v) is 1.51. The van der Waals surface area contributed by atoms with Crippen LogP contribution >= 0.6 is 27.5 Å². The lowest BCUT2D eigenvalue weighted by Gasteiger charge is -2.15. The smallest absolute Gasteiger partial charge is 0.0704 e. The van der Waals surface area contributed by atoms with E-state index < -0.39 is 6.10 Å². The molecule has 1 rings (SSSR count). The maximum atomic E-state index is 9.26. The van der Waals surface area contributed by atoms with E-state index in [9.17, 15) is 5.11 Å². The summed E-state index contributed by atoms with van der Waals surface area (Å²) >= 11 is 9.11. The summed E-state index contributed by atoms with van der Waals surface area (Å²) in [4.78, 5) is 0. The fraction of sp³-hybridized carbons (Fsp3) is 0.333. The first-order chi connectivity index (χ1) is 6.02. The summed E-state index contributed by atoms with van der Waals surface area (Å²) in [6, 6.07) is 5.02. The predicted molar refractivity (Wildman–Crippen MR) is 57.8 cm³/mol. The quantitative estimate of drug-likeness (QED) is 0.862. The van der Waals surface area contributed by atoms with Crippen LogP contribution in [0.4, 0.5) is 0 Å². The molecule has 0 spiro atoms. The van der Waals surface area contributed by atoms with Gasteiger partial charge in [-0.15, -0.1) is 0 Å². The van der Waals surface area contributed by atoms with Gasteiger partial charge in [-0.1, -0.05) is 17.7 Å². The molecule has 1 aromatic carbocycles. The van der Waals surface area contributed by atoms with Gasteiger partial charge in [-0.3, -0.25) is 0 Å². The molecule has 13 heavy (non-hydrogen) atoms. The third kappa shape index (κ3) is 2.68. The standard InChI is InChI=1S/C9H11BrClNO/c1-5(13)9(12)6-2-3-8(11)7(10)4-6/h2-5,9,13H,12H2,1H3/t5-,9+/m1/s1. The Kier molecular flexibility index (Phi) is 3.74. The molecule has 0 heterocycles. The minimum absolute atomic E-state index is 0.367. The van der Waals surface area contributed by atoms with Crippen molar-refractivity contribution in [3.8, 4) is 0 Å². The Morgan fingerprint density at radius 2 is 2.15 bits per heavy atom. The second-order valence-corrected chi connectivity index (χ2v) is 4.20. The number of hydrogen-bond acceptors (Lipinski definition) is 2. The number of aliphatic hydroxyl groups excluding tert-OH is 1. The molecule has 0 aliphatic carbocycles. The van der Waals surface area contributed by atoms with Gasteiger partial charge in [-0.2, -0.15) is 0 Å². The van der Waals surface area contributed by atoms with Crippen LogP contribution in [-0.2, 0) is 0 Å². The van der Waals surface area contributed by atoms with Gasteiger partial charge in [0, 0.05) is 4.47 Å². The first-order valence-corrected chi connectivity index (χ1v) is 5.08. The van der Waals surface area contributed by atoms with Gasteiger partial charge in [0.25, 0.3) is 0 Å². The van der Waals surface area contributed by atoms with Crippen LogP contribution in [0.1, 0.15) is 18.5 Å². The van der Waals surface area contributed by atoms with Crippen molar-refractivity contribution in [3.05, 3.63) is 33.3 Å². The monoisotopic (exact) mass is 263 g/mol. The molecule has 0 saturated heterocycles. The summed E-state index contributed by atoms with van der Waals surface area (Å²) in [6.07, 6.45) is -0.562. The maximum absolute atomic E-state index is 9.26. The molecule has 0 amide bonds. The van der Waals surface area contributed by atoms with Gasteiger partial charge in [0.1, 0.15) is 0 Å². The lowest BCUT2D eigenvalue weighted by molar-refractivity contribution is 0.164. The average molecular weight is 265 g/mol. The Morgan fingerprint density at radius 1 is 1.54 bits per heavy atom. The van der Waals surface area contributed by atoms with E-state index in [0.29, 0.717) is 5.02 Å². The molecule has 72 valence electrons. The first-order valence-electron chi connectivity index (χ1n) is 3.91. The molecular weight excluding hydrogens is 253 g/mol. The van der Waals surface area contributed by atoms with Crippen LogP contribution < -0.4 is 5.73 Å². The van der Waals surface area contributed by atoms with E-state index in [2.05, 4.69) is 15.9 Å². The second kappa shape index (κ2) is 4.42. The molecule has 0 saturated carbocycles. The molecule has 0 radical (unpaired) electrons. The summed E-state index contributed by atoms with van der Waals surface area (Å²) in [5, 5.41) is 9.90. The Balaban J connectivity index is 2.97. The Morgan fingerprint density at radius 3 is 2.62 bits per heavy atom. The zero-order chi connectivity index (χ0) is 10.0. The number of aliphatic hydroxyl groups is 1. The van der Waals surface area contributed by atoms with E-state index in [4.69, 9.17) is 17.3 Å². The summed E-state index contributed by atoms with van der Waals surface area (Å²) in [7, 11) is 0. The van der Waals surface area contributed by atoms with Gasteiger partial charge in [0.05, 0.1) is 17.2 Å². The Hall–Kier alpha value is -0.0900. The topological polar surface area (TPSA) is 46.2 Å². The minimum Gasteiger partial charge on any atom is -0.391 e. The summed E-state index contributed by atoms with van der Waals surface area (Å²) < 4.78 is 0.794. The average Bonchev–Trinajstić information content (AvgIpc) is 2.08. The summed E-state index contributed by atoms with van der Waals surface area (Å²) in [5.74, 6) is 0. The van der Waals surface area contributed by atoms with E-state index in [1.807, 2.05) is 12.1 Å². The zero-order valence-electron chi connectivity index (χ0n) is 7.17. The van der Waals surface area contributed by atoms with Crippen LogP contribution in [0.25, 0.3) is 0 Å². The van der Waals surface area contributed by atoms with E-state index in [0.717, 1.165) is 10.0 Å². The van der Waals surface area contributed by atoms with Crippen molar-refractivity contribution in [2.24, 2.45) is 5.73 Å². The molecule has 0 unspecified atom stereocenters. The van der Waals surface area contributed by atoms with Crippen LogP contribution in [0.2, 0.25) is 5.02 Å². The molecule has 1 aromatic rings. The third-order valence-electron chi connectivity index (χ3n) is 1.85. The number of benzene rings is 1. The molecular formula is C9H11BrClNO. The van der Waals surface area contributed by atoms with Crippen LogP contribution in [0.3, 0.4) is 0 Å². The number of nitrogens with two attached hydrogens (primary N) is 1. The highest BCUT2D eigenvalue weighted by Gasteiger charge is 2.12. The number of rotatable bonds is 2. The van der Waals surface area contributed by atoms with Crippen molar-refractivity contribution in [2.75, 3.05) is 0 Å². The first kappa shape index (κ1) is 11.0. The number of hydrogen-bond donors (Lipinski definition) is 2. The zero-order valence-corrected chi connectivity index (χ0v) is 9.51. The molecule has 3 N–H and O–H groups in total. The fourth-order valence-electron chi connectivity index (χ4n) is 0.998. The van der Waals surface area contributed by atoms with Gasteiger partial charge in [0.2, 0.25) is 0 Å². The molecule has 2 atom stereocenters. The lowest BCUT2D eigenvalue weighted by atomic mass is 10.0. The highest BCUT2D eigenvalue weighted by Crippen LogP contribution is 2.26. The van der Waals surface area contributed by atoms with E-state index in [1.165, 1.54) is 0 Å². The highest BCUT2D eigenvalue weighted by molar-refractivity contribution is 9.10. The molecule has 0 fully saturated rings. The van der Waals surface area contributed by atoms with E-state index >= 15 is 0 Å². The van der Waals surface area contributed by atoms with Crippen molar-refractivity contribution >= 4 is 27.5 Å². The lowest BCUT2D eigenvalue weighted by Crippen LogP contribution is -2.23. The van der Waals surface area contributed by atoms with Crippen LogP contribution in [0.5, 0.6) is 0 Å². The van der Waals surface area contributed by atoms with Gasteiger partial charge >= 0.3 is 0 Å². The Bertz CT molecular complexity index is 304. The van der Waals surface area contributed by atoms with Crippen LogP contribution in [0.15, 0.2) is 22.7 Å². The summed E-state index contributed by atoms with van der Waals surface area (Å²) in [5.41, 5.74) is 6.61. The third-order valence-corrected chi connectivity index (χ3v) is 3.06. The van der Waals surface area contributed by atoms with Gasteiger partial charge in [-0.25, -0.2) is 0 Å². The van der Waals surface area contributed by atoms with Gasteiger partial charge in [0.15, 0.2) is 0 Å². The van der Waals surface area contributed by atoms with Crippen molar-refractivity contribution < 1.29 is 5.11 Å². The molecule has 0 aliphatic heterocycles. The molecule has 2 nitrogen and oxygen atoms in total. The highest BCUT2D eigenvalue weighted by atomic mass is 79.9. The maximum Gasteiger partial charge on any atom is 0.0704 e. The van der Waals surface area contributed by atoms with Crippen molar-refractivity contribution in [1.82, 2.24) is 0 Å². The van der Waals surface area contributed by atoms with Crippen LogP contribution in [0, 0.1) is 0 Å². The van der Waals surface area contributed by atoms with Gasteiger partial charge < -0.3 is 10.8 Å². The largest absolute Gasteiger partial charge is 0.391 e. The van der Waals surface area contributed by atoms with Crippen molar-refractivity contribution in [2.45, 2.75) is 19.1 Å². The van der Waals surface area contributed by atoms with E-state index in [1.54, 1.807) is 13.0 Å². The Labute approximate surface area is 90.8 Å². The minimum atomic E-state index is -0.562. The van der Waals surface area contributed by atoms with E-state index in [-0.39, 0.29) is 6.04 Å². The normalized spacial score (nSPS) is 15.5. The van der Waals surface area contributed by atoms with Crippen molar-refractivity contribution in [1.29, 1.82) is 0 Å². The van der Waals surface area contributed by atoms with Gasteiger partial charge in [-0.05, 0) is 40.5 Å². The summed E-state index contributed by atoms with van der Waals surface area (Å²) in [6.45, 7) is 1.66. The second-order valence-electron chi connectivity index (χ2n) is 2.94. The predicted octanol–water partition coefficient (Wildman–Crippen LogP) is 2.48. The van der Waals surface area contributed by atoms with Crippen LogP contribution in [-0.4, -0.2) is 11.2 Å². The molecule has 4 heteroatoms. The SMILES string of the molecule is C[C@@H](O)[C@H](N)c1ccc(Cl)c(Br)c1. The number of halogens is 2. The molecule has 0 aromatic heterocycles.